The van der Waals surface area contributed by atoms with Crippen LogP contribution in [-0.2, 0) is 6.42 Å². The standard InChI is InChI=1S/C35H26N2/c1-22-20-23-10-5-6-13-26(23)34-33(22)30-21-24(18-19-31(30)36-34)27-15-9-16-29-28-14-7-8-17-32(28)37(35(27)29)25-11-3-2-4-12-25/h2-19,21-22,36H,20H2,1H3. The molecular weight excluding hydrogens is 448 g/mol. The Labute approximate surface area is 215 Å². The highest BCUT2D eigenvalue weighted by Gasteiger charge is 2.26. The van der Waals surface area contributed by atoms with E-state index < -0.39 is 0 Å². The number of H-pyrrole nitrogens is 1. The smallest absolute Gasteiger partial charge is 0.0619 e. The Kier molecular flexibility index (Phi) is 4.30. The Morgan fingerprint density at radius 1 is 0.676 bits per heavy atom. The lowest BCUT2D eigenvalue weighted by Gasteiger charge is -2.22. The van der Waals surface area contributed by atoms with Gasteiger partial charge in [0, 0.05) is 38.5 Å². The molecule has 0 aliphatic heterocycles. The van der Waals surface area contributed by atoms with Crippen LogP contribution in [-0.4, -0.2) is 9.55 Å². The van der Waals surface area contributed by atoms with Crippen molar-refractivity contribution < 1.29 is 0 Å². The van der Waals surface area contributed by atoms with E-state index in [2.05, 4.69) is 132 Å². The van der Waals surface area contributed by atoms with E-state index in [1.165, 1.54) is 71.9 Å². The molecule has 1 unspecified atom stereocenters. The Morgan fingerprint density at radius 3 is 2.35 bits per heavy atom. The molecule has 2 aromatic heterocycles. The molecule has 2 nitrogen and oxygen atoms in total. The second-order valence-electron chi connectivity index (χ2n) is 10.3. The van der Waals surface area contributed by atoms with Crippen LogP contribution in [0.2, 0.25) is 0 Å². The first-order chi connectivity index (χ1) is 18.3. The van der Waals surface area contributed by atoms with Gasteiger partial charge in [0.1, 0.15) is 0 Å². The molecular formula is C35H26N2. The van der Waals surface area contributed by atoms with E-state index in [1.807, 2.05) is 0 Å². The van der Waals surface area contributed by atoms with E-state index >= 15 is 0 Å². The molecule has 2 heterocycles. The minimum atomic E-state index is 0.473. The van der Waals surface area contributed by atoms with Crippen molar-refractivity contribution in [1.29, 1.82) is 0 Å². The van der Waals surface area contributed by atoms with Crippen LogP contribution in [0, 0.1) is 0 Å². The summed E-state index contributed by atoms with van der Waals surface area (Å²) in [4.78, 5) is 3.77. The van der Waals surface area contributed by atoms with Crippen LogP contribution in [0.3, 0.4) is 0 Å². The first-order valence-electron chi connectivity index (χ1n) is 13.1. The van der Waals surface area contributed by atoms with Gasteiger partial charge in [-0.25, -0.2) is 0 Å². The van der Waals surface area contributed by atoms with E-state index in [1.54, 1.807) is 0 Å². The van der Waals surface area contributed by atoms with E-state index in [9.17, 15) is 0 Å². The van der Waals surface area contributed by atoms with Crippen LogP contribution >= 0.6 is 0 Å². The SMILES string of the molecule is CC1Cc2ccccc2-c2[nH]c3ccc(-c4cccc5c6ccccc6n(-c6ccccc6)c45)cc3c21. The molecule has 0 saturated carbocycles. The third-order valence-electron chi connectivity index (χ3n) is 8.16. The average molecular weight is 475 g/mol. The van der Waals surface area contributed by atoms with Crippen molar-refractivity contribution in [3.63, 3.8) is 0 Å². The third kappa shape index (κ3) is 2.93. The number of aromatic nitrogens is 2. The summed E-state index contributed by atoms with van der Waals surface area (Å²) >= 11 is 0. The average Bonchev–Trinajstić information content (AvgIpc) is 3.50. The molecule has 176 valence electrons. The number of nitrogens with one attached hydrogen (secondary N) is 1. The second-order valence-corrected chi connectivity index (χ2v) is 10.3. The summed E-state index contributed by atoms with van der Waals surface area (Å²) in [5.74, 6) is 0.473. The zero-order chi connectivity index (χ0) is 24.5. The molecule has 0 amide bonds. The Balaban J connectivity index is 1.43. The zero-order valence-corrected chi connectivity index (χ0v) is 20.7. The molecule has 1 atom stereocenters. The number of hydrogen-bond acceptors (Lipinski definition) is 0. The Bertz CT molecular complexity index is 1970. The Morgan fingerprint density at radius 2 is 1.43 bits per heavy atom. The first kappa shape index (κ1) is 20.6. The minimum absolute atomic E-state index is 0.473. The number of hydrogen-bond donors (Lipinski definition) is 1. The number of nitrogens with zero attached hydrogens (tertiary/aromatic N) is 1. The monoisotopic (exact) mass is 474 g/mol. The fraction of sp³-hybridized carbons (Fsp3) is 0.0857. The van der Waals surface area contributed by atoms with Gasteiger partial charge in [0.05, 0.1) is 16.7 Å². The lowest BCUT2D eigenvalue weighted by atomic mass is 9.82. The quantitative estimate of drug-likeness (QED) is 0.258. The fourth-order valence-corrected chi connectivity index (χ4v) is 6.58. The van der Waals surface area contributed by atoms with Gasteiger partial charge in [-0.3, -0.25) is 0 Å². The number of rotatable bonds is 2. The first-order valence-corrected chi connectivity index (χ1v) is 13.1. The van der Waals surface area contributed by atoms with Crippen molar-refractivity contribution in [3.8, 4) is 28.1 Å². The van der Waals surface area contributed by atoms with Gasteiger partial charge in [0.2, 0.25) is 0 Å². The maximum atomic E-state index is 3.77. The van der Waals surface area contributed by atoms with Gasteiger partial charge in [-0.05, 0) is 59.4 Å². The van der Waals surface area contributed by atoms with Gasteiger partial charge >= 0.3 is 0 Å². The summed E-state index contributed by atoms with van der Waals surface area (Å²) in [5, 5.41) is 3.91. The highest BCUT2D eigenvalue weighted by Crippen LogP contribution is 2.45. The highest BCUT2D eigenvalue weighted by molar-refractivity contribution is 6.14. The summed E-state index contributed by atoms with van der Waals surface area (Å²) in [6.45, 7) is 2.36. The molecule has 0 saturated heterocycles. The molecule has 1 N–H and O–H groups in total. The van der Waals surface area contributed by atoms with Crippen molar-refractivity contribution in [1.82, 2.24) is 9.55 Å². The molecule has 8 rings (SSSR count). The summed E-state index contributed by atoms with van der Waals surface area (Å²) in [7, 11) is 0. The van der Waals surface area contributed by atoms with Crippen molar-refractivity contribution >= 4 is 32.7 Å². The van der Waals surface area contributed by atoms with Crippen LogP contribution in [0.15, 0.2) is 115 Å². The van der Waals surface area contributed by atoms with Crippen molar-refractivity contribution in [2.24, 2.45) is 0 Å². The normalized spacial score (nSPS) is 14.8. The molecule has 2 heteroatoms. The molecule has 7 aromatic rings. The topological polar surface area (TPSA) is 20.7 Å². The van der Waals surface area contributed by atoms with Gasteiger partial charge in [-0.1, -0.05) is 91.9 Å². The maximum Gasteiger partial charge on any atom is 0.0619 e. The highest BCUT2D eigenvalue weighted by atomic mass is 15.0. The van der Waals surface area contributed by atoms with Gasteiger partial charge in [0.15, 0.2) is 0 Å². The van der Waals surface area contributed by atoms with E-state index in [-0.39, 0.29) is 0 Å². The lowest BCUT2D eigenvalue weighted by molar-refractivity contribution is 0.755. The van der Waals surface area contributed by atoms with Crippen molar-refractivity contribution in [2.45, 2.75) is 19.3 Å². The van der Waals surface area contributed by atoms with Crippen LogP contribution in [0.25, 0.3) is 60.8 Å². The second kappa shape index (κ2) is 7.72. The van der Waals surface area contributed by atoms with Crippen LogP contribution < -0.4 is 0 Å². The van der Waals surface area contributed by atoms with Gasteiger partial charge in [0.25, 0.3) is 0 Å². The number of fused-ring (bicyclic) bond motifs is 8. The number of para-hydroxylation sites is 3. The fourth-order valence-electron chi connectivity index (χ4n) is 6.58. The molecule has 37 heavy (non-hydrogen) atoms. The summed E-state index contributed by atoms with van der Waals surface area (Å²) < 4.78 is 2.43. The predicted octanol–water partition coefficient (Wildman–Crippen LogP) is 9.26. The Hall–Kier alpha value is -4.56. The molecule has 0 spiro atoms. The van der Waals surface area contributed by atoms with Gasteiger partial charge in [-0.15, -0.1) is 0 Å². The lowest BCUT2D eigenvalue weighted by Crippen LogP contribution is -2.07. The van der Waals surface area contributed by atoms with E-state index in [4.69, 9.17) is 0 Å². The van der Waals surface area contributed by atoms with Gasteiger partial charge in [-0.2, -0.15) is 0 Å². The van der Waals surface area contributed by atoms with Gasteiger partial charge < -0.3 is 9.55 Å². The molecule has 1 aliphatic carbocycles. The van der Waals surface area contributed by atoms with E-state index in [0.717, 1.165) is 6.42 Å². The maximum absolute atomic E-state index is 3.77. The molecule has 0 fully saturated rings. The van der Waals surface area contributed by atoms with Crippen molar-refractivity contribution in [2.75, 3.05) is 0 Å². The minimum Gasteiger partial charge on any atom is -0.354 e. The third-order valence-corrected chi connectivity index (χ3v) is 8.16. The van der Waals surface area contributed by atoms with Crippen LogP contribution in [0.5, 0.6) is 0 Å². The summed E-state index contributed by atoms with van der Waals surface area (Å²) in [6, 6.07) is 42.0. The summed E-state index contributed by atoms with van der Waals surface area (Å²) in [5.41, 5.74) is 12.9. The van der Waals surface area contributed by atoms with Crippen molar-refractivity contribution in [3.05, 3.63) is 126 Å². The number of benzene rings is 5. The largest absolute Gasteiger partial charge is 0.354 e. The zero-order valence-electron chi connectivity index (χ0n) is 20.7. The summed E-state index contributed by atoms with van der Waals surface area (Å²) in [6.07, 6.45) is 1.08. The van der Waals surface area contributed by atoms with Crippen LogP contribution in [0.4, 0.5) is 0 Å². The predicted molar refractivity (Wildman–Crippen MR) is 156 cm³/mol. The molecule has 5 aromatic carbocycles. The molecule has 0 bridgehead atoms. The molecule has 1 aliphatic rings. The van der Waals surface area contributed by atoms with Crippen LogP contribution in [0.1, 0.15) is 24.0 Å². The van der Waals surface area contributed by atoms with E-state index in [0.29, 0.717) is 5.92 Å². The molecule has 0 radical (unpaired) electrons. The number of aromatic amines is 1.